The van der Waals surface area contributed by atoms with Crippen molar-refractivity contribution in [2.45, 2.75) is 17.7 Å². The fourth-order valence-corrected chi connectivity index (χ4v) is 4.55. The molecule has 0 amide bonds. The zero-order chi connectivity index (χ0) is 17.2. The van der Waals surface area contributed by atoms with E-state index in [1.807, 2.05) is 24.3 Å². The van der Waals surface area contributed by atoms with Crippen LogP contribution >= 0.6 is 22.9 Å². The number of nitrogens with zero attached hydrogens (tertiary/aromatic N) is 1. The predicted octanol–water partition coefficient (Wildman–Crippen LogP) is 4.00. The van der Waals surface area contributed by atoms with Gasteiger partial charge in [0, 0.05) is 13.0 Å². The summed E-state index contributed by atoms with van der Waals surface area (Å²) >= 11 is 7.23. The maximum atomic E-state index is 13.1. The molecule has 0 atom stereocenters. The highest BCUT2D eigenvalue weighted by atomic mass is 35.5. The van der Waals surface area contributed by atoms with Gasteiger partial charge >= 0.3 is 0 Å². The molecule has 2 aromatic carbocycles. The Bertz CT molecular complexity index is 940. The third kappa shape index (κ3) is 3.92. The summed E-state index contributed by atoms with van der Waals surface area (Å²) in [5, 5.41) is 0.757. The zero-order valence-corrected chi connectivity index (χ0v) is 14.9. The number of benzene rings is 2. The molecule has 4 nitrogen and oxygen atoms in total. The maximum Gasteiger partial charge on any atom is 0.240 e. The van der Waals surface area contributed by atoms with Crippen molar-refractivity contribution in [3.63, 3.8) is 0 Å². The van der Waals surface area contributed by atoms with Gasteiger partial charge in [0.2, 0.25) is 10.0 Å². The van der Waals surface area contributed by atoms with E-state index >= 15 is 0 Å². The SMILES string of the molecule is O=S(=O)(NCCCc1nc2ccccc2s1)c1ccc(F)c(Cl)c1. The molecule has 0 saturated heterocycles. The number of nitrogens with one attached hydrogen (secondary N) is 1. The monoisotopic (exact) mass is 384 g/mol. The Kier molecular flexibility index (Phi) is 5.15. The molecule has 0 fully saturated rings. The lowest BCUT2D eigenvalue weighted by atomic mass is 10.3. The molecule has 3 rings (SSSR count). The molecule has 1 heterocycles. The zero-order valence-electron chi connectivity index (χ0n) is 12.5. The highest BCUT2D eigenvalue weighted by molar-refractivity contribution is 7.89. The first kappa shape index (κ1) is 17.3. The number of fused-ring (bicyclic) bond motifs is 1. The van der Waals surface area contributed by atoms with Crippen LogP contribution in [0.25, 0.3) is 10.2 Å². The van der Waals surface area contributed by atoms with Crippen LogP contribution in [-0.4, -0.2) is 19.9 Å². The number of thiazole rings is 1. The van der Waals surface area contributed by atoms with Gasteiger partial charge in [0.25, 0.3) is 0 Å². The van der Waals surface area contributed by atoms with E-state index in [-0.39, 0.29) is 16.5 Å². The van der Waals surface area contributed by atoms with E-state index in [2.05, 4.69) is 9.71 Å². The number of aromatic nitrogens is 1. The van der Waals surface area contributed by atoms with E-state index in [1.54, 1.807) is 11.3 Å². The third-order valence-electron chi connectivity index (χ3n) is 3.40. The highest BCUT2D eigenvalue weighted by Gasteiger charge is 2.15. The van der Waals surface area contributed by atoms with Gasteiger partial charge in [-0.05, 0) is 36.8 Å². The van der Waals surface area contributed by atoms with Crippen LogP contribution in [0.5, 0.6) is 0 Å². The van der Waals surface area contributed by atoms with Gasteiger partial charge < -0.3 is 0 Å². The Labute approximate surface area is 148 Å². The largest absolute Gasteiger partial charge is 0.241 e. The molecule has 8 heteroatoms. The predicted molar refractivity (Wildman–Crippen MR) is 94.5 cm³/mol. The van der Waals surface area contributed by atoms with Gasteiger partial charge in [-0.1, -0.05) is 23.7 Å². The molecule has 0 unspecified atom stereocenters. The van der Waals surface area contributed by atoms with Crippen LogP contribution in [0.2, 0.25) is 5.02 Å². The average molecular weight is 385 g/mol. The second-order valence-electron chi connectivity index (χ2n) is 5.15. The van der Waals surface area contributed by atoms with E-state index in [9.17, 15) is 12.8 Å². The van der Waals surface area contributed by atoms with Crippen LogP contribution in [0.1, 0.15) is 11.4 Å². The summed E-state index contributed by atoms with van der Waals surface area (Å²) in [4.78, 5) is 4.46. The molecule has 0 aliphatic heterocycles. The molecule has 24 heavy (non-hydrogen) atoms. The second kappa shape index (κ2) is 7.14. The smallest absolute Gasteiger partial charge is 0.240 e. The molecule has 0 aliphatic carbocycles. The molecule has 0 spiro atoms. The Morgan fingerprint density at radius 1 is 1.21 bits per heavy atom. The van der Waals surface area contributed by atoms with Gasteiger partial charge in [-0.3, -0.25) is 0 Å². The van der Waals surface area contributed by atoms with Gasteiger partial charge in [0.15, 0.2) is 0 Å². The Morgan fingerprint density at radius 2 is 2.00 bits per heavy atom. The maximum absolute atomic E-state index is 13.1. The van der Waals surface area contributed by atoms with Crippen LogP contribution < -0.4 is 4.72 Å². The van der Waals surface area contributed by atoms with Crippen LogP contribution in [0.3, 0.4) is 0 Å². The first-order chi connectivity index (χ1) is 11.5. The number of para-hydroxylation sites is 1. The molecular weight excluding hydrogens is 371 g/mol. The van der Waals surface area contributed by atoms with Crippen LogP contribution in [0.15, 0.2) is 47.4 Å². The van der Waals surface area contributed by atoms with Gasteiger partial charge in [0.05, 0.1) is 25.1 Å². The first-order valence-electron chi connectivity index (χ1n) is 7.25. The minimum Gasteiger partial charge on any atom is -0.241 e. The number of hydrogen-bond acceptors (Lipinski definition) is 4. The molecule has 0 radical (unpaired) electrons. The third-order valence-corrected chi connectivity index (χ3v) is 6.24. The lowest BCUT2D eigenvalue weighted by Crippen LogP contribution is -2.25. The first-order valence-corrected chi connectivity index (χ1v) is 9.93. The lowest BCUT2D eigenvalue weighted by Gasteiger charge is -2.06. The van der Waals surface area contributed by atoms with Crippen LogP contribution in [0.4, 0.5) is 4.39 Å². The summed E-state index contributed by atoms with van der Waals surface area (Å²) in [7, 11) is -3.70. The number of sulfonamides is 1. The summed E-state index contributed by atoms with van der Waals surface area (Å²) in [5.74, 6) is -0.647. The van der Waals surface area contributed by atoms with E-state index in [1.165, 1.54) is 6.07 Å². The molecule has 1 aromatic heterocycles. The van der Waals surface area contributed by atoms with Crippen molar-refractivity contribution < 1.29 is 12.8 Å². The minimum atomic E-state index is -3.70. The summed E-state index contributed by atoms with van der Waals surface area (Å²) in [6, 6.07) is 11.2. The molecule has 126 valence electrons. The van der Waals surface area contributed by atoms with Crippen molar-refractivity contribution in [1.29, 1.82) is 0 Å². The number of aryl methyl sites for hydroxylation is 1. The topological polar surface area (TPSA) is 59.1 Å². The van der Waals surface area contributed by atoms with E-state index < -0.39 is 15.8 Å². The fourth-order valence-electron chi connectivity index (χ4n) is 2.20. The second-order valence-corrected chi connectivity index (χ2v) is 8.44. The van der Waals surface area contributed by atoms with Crippen LogP contribution in [0, 0.1) is 5.82 Å². The van der Waals surface area contributed by atoms with Crippen molar-refractivity contribution >= 4 is 43.2 Å². The molecule has 0 bridgehead atoms. The van der Waals surface area contributed by atoms with E-state index in [4.69, 9.17) is 11.6 Å². The van der Waals surface area contributed by atoms with Gasteiger partial charge in [-0.25, -0.2) is 22.5 Å². The normalized spacial score (nSPS) is 11.9. The van der Waals surface area contributed by atoms with Crippen molar-refractivity contribution in [3.8, 4) is 0 Å². The summed E-state index contributed by atoms with van der Waals surface area (Å²) in [5.41, 5.74) is 0.957. The summed E-state index contributed by atoms with van der Waals surface area (Å²) in [6.07, 6.45) is 1.31. The van der Waals surface area contributed by atoms with Crippen molar-refractivity contribution in [2.75, 3.05) is 6.54 Å². The summed E-state index contributed by atoms with van der Waals surface area (Å²) in [6.45, 7) is 0.271. The van der Waals surface area contributed by atoms with Gasteiger partial charge in [-0.2, -0.15) is 0 Å². The average Bonchev–Trinajstić information content (AvgIpc) is 2.97. The van der Waals surface area contributed by atoms with Gasteiger partial charge in [-0.15, -0.1) is 11.3 Å². The number of halogens is 2. The van der Waals surface area contributed by atoms with Crippen molar-refractivity contribution in [1.82, 2.24) is 9.71 Å². The number of rotatable bonds is 6. The molecule has 3 aromatic rings. The summed E-state index contributed by atoms with van der Waals surface area (Å²) < 4.78 is 41.0. The van der Waals surface area contributed by atoms with Crippen LogP contribution in [-0.2, 0) is 16.4 Å². The molecule has 0 saturated carbocycles. The lowest BCUT2D eigenvalue weighted by molar-refractivity contribution is 0.578. The Balaban J connectivity index is 1.58. The fraction of sp³-hybridized carbons (Fsp3) is 0.188. The van der Waals surface area contributed by atoms with E-state index in [0.717, 1.165) is 27.4 Å². The van der Waals surface area contributed by atoms with Gasteiger partial charge in [0.1, 0.15) is 5.82 Å². The Morgan fingerprint density at radius 3 is 2.75 bits per heavy atom. The minimum absolute atomic E-state index is 0.0473. The molecule has 0 aliphatic rings. The Hall–Kier alpha value is -1.54. The molecule has 1 N–H and O–H groups in total. The quantitative estimate of drug-likeness (QED) is 0.653. The number of hydrogen-bond donors (Lipinski definition) is 1. The van der Waals surface area contributed by atoms with E-state index in [0.29, 0.717) is 12.8 Å². The molecular formula is C16H14ClFN2O2S2. The van der Waals surface area contributed by atoms with Crippen molar-refractivity contribution in [2.24, 2.45) is 0 Å². The highest BCUT2D eigenvalue weighted by Crippen LogP contribution is 2.22. The standard InChI is InChI=1S/C16H14ClFN2O2S2/c17-12-10-11(7-8-13(12)18)24(21,22)19-9-3-6-16-20-14-4-1-2-5-15(14)23-16/h1-2,4-5,7-8,10,19H,3,6,9H2. The van der Waals surface area contributed by atoms with Crippen molar-refractivity contribution in [3.05, 3.63) is 58.3 Å².